The summed E-state index contributed by atoms with van der Waals surface area (Å²) in [5.74, 6) is 1.78. The maximum atomic E-state index is 6.14. The summed E-state index contributed by atoms with van der Waals surface area (Å²) >= 11 is 0. The molecule has 0 aliphatic carbocycles. The fraction of sp³-hybridized carbons (Fsp3) is 0.450. The molecule has 0 saturated carbocycles. The van der Waals surface area contributed by atoms with Crippen LogP contribution in [0.2, 0.25) is 0 Å². The van der Waals surface area contributed by atoms with Crippen molar-refractivity contribution in [3.63, 3.8) is 0 Å². The van der Waals surface area contributed by atoms with Gasteiger partial charge in [-0.05, 0) is 39.0 Å². The van der Waals surface area contributed by atoms with Crippen LogP contribution in [0.5, 0.6) is 11.5 Å². The second-order valence-corrected chi connectivity index (χ2v) is 7.15. The van der Waals surface area contributed by atoms with Crippen LogP contribution in [0.25, 0.3) is 0 Å². The highest BCUT2D eigenvalue weighted by atomic mass is 16.5. The number of fused-ring (bicyclic) bond motifs is 1. The second-order valence-electron chi connectivity index (χ2n) is 7.15. The summed E-state index contributed by atoms with van der Waals surface area (Å²) in [7, 11) is 1.69. The first-order valence-corrected chi connectivity index (χ1v) is 8.66. The van der Waals surface area contributed by atoms with Crippen LogP contribution in [0.3, 0.4) is 0 Å². The number of aryl methyl sites for hydroxylation is 1. The average molecular weight is 341 g/mol. The molecule has 0 saturated heterocycles. The van der Waals surface area contributed by atoms with Crippen molar-refractivity contribution in [2.24, 2.45) is 0 Å². The van der Waals surface area contributed by atoms with Crippen molar-refractivity contribution in [3.8, 4) is 11.5 Å². The summed E-state index contributed by atoms with van der Waals surface area (Å²) in [6.45, 7) is 11.6. The lowest BCUT2D eigenvalue weighted by Gasteiger charge is -2.38. The first kappa shape index (κ1) is 17.5. The first-order valence-electron chi connectivity index (χ1n) is 8.66. The number of nitrogens with one attached hydrogen (secondary N) is 1. The van der Waals surface area contributed by atoms with E-state index in [0.29, 0.717) is 0 Å². The van der Waals surface area contributed by atoms with Crippen LogP contribution in [0, 0.1) is 6.92 Å². The Balaban J connectivity index is 1.81. The Morgan fingerprint density at radius 3 is 3.00 bits per heavy atom. The zero-order chi connectivity index (χ0) is 18.0. The Hall–Kier alpha value is -2.27. The van der Waals surface area contributed by atoms with Crippen LogP contribution < -0.4 is 14.8 Å². The lowest BCUT2D eigenvalue weighted by Crippen LogP contribution is -2.39. The molecule has 5 nitrogen and oxygen atoms in total. The molecule has 5 heteroatoms. The van der Waals surface area contributed by atoms with Gasteiger partial charge in [0.05, 0.1) is 19.3 Å². The van der Waals surface area contributed by atoms with Crippen LogP contribution in [-0.4, -0.2) is 22.5 Å². The zero-order valence-electron chi connectivity index (χ0n) is 15.5. The third-order valence-electron chi connectivity index (χ3n) is 4.58. The standard InChI is InChI=1S/C20H27N3O2/c1-6-9-23-13-15(14(2)22-23)12-21-18-11-20(3,4)25-19-8-7-16(24-5)10-17(18)19/h6-8,10,13,18,21H,1,9,11-12H2,2-5H3/t18-/m0/s1. The third kappa shape index (κ3) is 3.87. The molecule has 0 unspecified atom stereocenters. The molecule has 0 fully saturated rings. The molecule has 1 N–H and O–H groups in total. The first-order chi connectivity index (χ1) is 11.9. The van der Waals surface area contributed by atoms with Crippen molar-refractivity contribution in [3.05, 3.63) is 53.9 Å². The number of hydrogen-bond donors (Lipinski definition) is 1. The van der Waals surface area contributed by atoms with E-state index in [9.17, 15) is 0 Å². The highest BCUT2D eigenvalue weighted by Crippen LogP contribution is 2.41. The molecule has 2 heterocycles. The van der Waals surface area contributed by atoms with Crippen LogP contribution in [-0.2, 0) is 13.1 Å². The maximum Gasteiger partial charge on any atom is 0.125 e. The minimum absolute atomic E-state index is 0.205. The Labute approximate surface area is 149 Å². The zero-order valence-corrected chi connectivity index (χ0v) is 15.5. The lowest BCUT2D eigenvalue weighted by molar-refractivity contribution is 0.0655. The smallest absolute Gasteiger partial charge is 0.125 e. The fourth-order valence-electron chi connectivity index (χ4n) is 3.33. The number of nitrogens with zero attached hydrogens (tertiary/aromatic N) is 2. The molecule has 1 aliphatic heterocycles. The van der Waals surface area contributed by atoms with Gasteiger partial charge in [-0.2, -0.15) is 5.10 Å². The Bertz CT molecular complexity index is 764. The van der Waals surface area contributed by atoms with Gasteiger partial charge >= 0.3 is 0 Å². The predicted octanol–water partition coefficient (Wildman–Crippen LogP) is 3.78. The van der Waals surface area contributed by atoms with Crippen molar-refractivity contribution >= 4 is 0 Å². The third-order valence-corrected chi connectivity index (χ3v) is 4.58. The summed E-state index contributed by atoms with van der Waals surface area (Å²) in [5.41, 5.74) is 3.19. The highest BCUT2D eigenvalue weighted by Gasteiger charge is 2.33. The average Bonchev–Trinajstić information content (AvgIpc) is 2.91. The van der Waals surface area contributed by atoms with Gasteiger partial charge in [0, 0.05) is 36.3 Å². The van der Waals surface area contributed by atoms with E-state index in [-0.39, 0.29) is 11.6 Å². The topological polar surface area (TPSA) is 48.3 Å². The van der Waals surface area contributed by atoms with Crippen LogP contribution in [0.15, 0.2) is 37.1 Å². The minimum Gasteiger partial charge on any atom is -0.497 e. The van der Waals surface area contributed by atoms with Gasteiger partial charge < -0.3 is 14.8 Å². The van der Waals surface area contributed by atoms with E-state index in [1.54, 1.807) is 7.11 Å². The molecule has 0 bridgehead atoms. The molecule has 1 aromatic carbocycles. The van der Waals surface area contributed by atoms with E-state index in [2.05, 4.69) is 43.1 Å². The Morgan fingerprint density at radius 2 is 2.28 bits per heavy atom. The van der Waals surface area contributed by atoms with Crippen molar-refractivity contribution in [1.29, 1.82) is 0 Å². The quantitative estimate of drug-likeness (QED) is 0.813. The van der Waals surface area contributed by atoms with Crippen molar-refractivity contribution in [2.45, 2.75) is 51.9 Å². The molecule has 2 aromatic rings. The van der Waals surface area contributed by atoms with Crippen LogP contribution >= 0.6 is 0 Å². The predicted molar refractivity (Wildman–Crippen MR) is 99.1 cm³/mol. The molecule has 1 aromatic heterocycles. The Kier molecular flexibility index (Phi) is 4.86. The molecule has 0 amide bonds. The molecule has 3 rings (SSSR count). The highest BCUT2D eigenvalue weighted by molar-refractivity contribution is 5.44. The van der Waals surface area contributed by atoms with E-state index in [4.69, 9.17) is 9.47 Å². The SMILES string of the molecule is C=CCn1cc(CN[C@H]2CC(C)(C)Oc3ccc(OC)cc32)c(C)n1. The number of methoxy groups -OCH3 is 1. The van der Waals surface area contributed by atoms with E-state index in [1.807, 2.05) is 29.8 Å². The maximum absolute atomic E-state index is 6.14. The number of rotatable bonds is 6. The van der Waals surface area contributed by atoms with E-state index < -0.39 is 0 Å². The molecule has 0 radical (unpaired) electrons. The van der Waals surface area contributed by atoms with Crippen molar-refractivity contribution < 1.29 is 9.47 Å². The van der Waals surface area contributed by atoms with E-state index in [0.717, 1.165) is 42.3 Å². The van der Waals surface area contributed by atoms with Crippen molar-refractivity contribution in [1.82, 2.24) is 15.1 Å². The normalized spacial score (nSPS) is 18.3. The molecular weight excluding hydrogens is 314 g/mol. The lowest BCUT2D eigenvalue weighted by atomic mass is 9.89. The van der Waals surface area contributed by atoms with Gasteiger partial charge in [-0.3, -0.25) is 4.68 Å². The van der Waals surface area contributed by atoms with Gasteiger partial charge in [-0.25, -0.2) is 0 Å². The summed E-state index contributed by atoms with van der Waals surface area (Å²) in [6, 6.07) is 6.21. The van der Waals surface area contributed by atoms with Crippen LogP contribution in [0.1, 0.15) is 43.1 Å². The van der Waals surface area contributed by atoms with E-state index in [1.165, 1.54) is 5.56 Å². The fourth-order valence-corrected chi connectivity index (χ4v) is 3.33. The van der Waals surface area contributed by atoms with E-state index >= 15 is 0 Å². The summed E-state index contributed by atoms with van der Waals surface area (Å²) < 4.78 is 13.4. The molecule has 1 atom stereocenters. The molecule has 134 valence electrons. The largest absolute Gasteiger partial charge is 0.497 e. The summed E-state index contributed by atoms with van der Waals surface area (Å²) in [5, 5.41) is 8.21. The number of hydrogen-bond acceptors (Lipinski definition) is 4. The molecule has 0 spiro atoms. The second kappa shape index (κ2) is 6.92. The molecule has 25 heavy (non-hydrogen) atoms. The van der Waals surface area contributed by atoms with Crippen molar-refractivity contribution in [2.75, 3.05) is 7.11 Å². The number of ether oxygens (including phenoxy) is 2. The van der Waals surface area contributed by atoms with Gasteiger partial charge in [0.2, 0.25) is 0 Å². The van der Waals surface area contributed by atoms with Crippen LogP contribution in [0.4, 0.5) is 0 Å². The van der Waals surface area contributed by atoms with Gasteiger partial charge in [0.15, 0.2) is 0 Å². The summed E-state index contributed by atoms with van der Waals surface area (Å²) in [4.78, 5) is 0. The minimum atomic E-state index is -0.207. The molecular formula is C20H27N3O2. The summed E-state index contributed by atoms with van der Waals surface area (Å²) in [6.07, 6.45) is 4.83. The number of benzene rings is 1. The molecule has 1 aliphatic rings. The van der Waals surface area contributed by atoms with Gasteiger partial charge in [-0.15, -0.1) is 6.58 Å². The Morgan fingerprint density at radius 1 is 1.48 bits per heavy atom. The van der Waals surface area contributed by atoms with Gasteiger partial charge in [0.1, 0.15) is 17.1 Å². The monoisotopic (exact) mass is 341 g/mol. The van der Waals surface area contributed by atoms with Gasteiger partial charge in [-0.1, -0.05) is 6.08 Å². The van der Waals surface area contributed by atoms with Gasteiger partial charge in [0.25, 0.3) is 0 Å². The number of allylic oxidation sites excluding steroid dienone is 1. The number of aromatic nitrogens is 2.